The fraction of sp³-hybridized carbons (Fsp3) is 0.231. The summed E-state index contributed by atoms with van der Waals surface area (Å²) in [7, 11) is 0. The van der Waals surface area contributed by atoms with Gasteiger partial charge in [0.1, 0.15) is 5.56 Å². The third-order valence-electron chi connectivity index (χ3n) is 2.70. The van der Waals surface area contributed by atoms with Crippen molar-refractivity contribution >= 4 is 23.1 Å². The lowest BCUT2D eigenvalue weighted by Crippen LogP contribution is -2.15. The van der Waals surface area contributed by atoms with Crippen molar-refractivity contribution in [3.8, 4) is 0 Å². The molecule has 1 aromatic carbocycles. The van der Waals surface area contributed by atoms with Crippen molar-refractivity contribution in [3.63, 3.8) is 0 Å². The van der Waals surface area contributed by atoms with Gasteiger partial charge in [0, 0.05) is 19.1 Å². The van der Waals surface area contributed by atoms with E-state index in [1.54, 1.807) is 0 Å². The van der Waals surface area contributed by atoms with Gasteiger partial charge in [-0.3, -0.25) is 25.0 Å². The largest absolute Gasteiger partial charge is 0.462 e. The molecular weight excluding hydrogens is 312 g/mol. The van der Waals surface area contributed by atoms with Gasteiger partial charge in [0.15, 0.2) is 5.78 Å². The first-order valence-electron chi connectivity index (χ1n) is 6.25. The molecule has 0 aliphatic carbocycles. The van der Waals surface area contributed by atoms with Crippen LogP contribution in [0.2, 0.25) is 0 Å². The summed E-state index contributed by atoms with van der Waals surface area (Å²) in [4.78, 5) is 43.8. The summed E-state index contributed by atoms with van der Waals surface area (Å²) in [5, 5.41) is 30.5. The summed E-state index contributed by atoms with van der Waals surface area (Å²) in [5.74, 6) is -2.09. The van der Waals surface area contributed by atoms with Gasteiger partial charge in [-0.2, -0.15) is 0 Å². The van der Waals surface area contributed by atoms with Crippen molar-refractivity contribution in [1.29, 1.82) is 0 Å². The number of hydrogen-bond acceptors (Lipinski definition) is 8. The number of esters is 1. The van der Waals surface area contributed by atoms with Crippen LogP contribution in [0.3, 0.4) is 0 Å². The van der Waals surface area contributed by atoms with Gasteiger partial charge in [-0.1, -0.05) is 6.58 Å². The Balaban J connectivity index is 3.52. The summed E-state index contributed by atoms with van der Waals surface area (Å²) < 4.78 is 4.74. The maximum Gasteiger partial charge on any atom is 0.339 e. The molecule has 0 radical (unpaired) electrons. The number of rotatable bonds is 8. The Bertz CT molecular complexity index is 683. The van der Waals surface area contributed by atoms with E-state index in [0.717, 1.165) is 12.1 Å². The van der Waals surface area contributed by atoms with Crippen molar-refractivity contribution < 1.29 is 29.3 Å². The standard InChI is InChI=1S/C13H12N2O8/c1-2-11(17)12-9(13(18)23-5-3-4-16)6-8(14(19)20)7-10(12)15(21)22/h2,6-7,16H,1,3-5H2. The minimum atomic E-state index is -1.14. The van der Waals surface area contributed by atoms with E-state index >= 15 is 0 Å². The number of aliphatic hydroxyl groups is 1. The lowest BCUT2D eigenvalue weighted by Gasteiger charge is -2.08. The van der Waals surface area contributed by atoms with E-state index < -0.39 is 44.1 Å². The maximum atomic E-state index is 12.0. The van der Waals surface area contributed by atoms with Gasteiger partial charge in [0.25, 0.3) is 11.4 Å². The molecule has 0 spiro atoms. The number of allylic oxidation sites excluding steroid dienone is 1. The van der Waals surface area contributed by atoms with E-state index in [1.807, 2.05) is 0 Å². The van der Waals surface area contributed by atoms with Gasteiger partial charge in [-0.05, 0) is 6.08 Å². The third kappa shape index (κ3) is 4.17. The molecule has 122 valence electrons. The molecule has 0 aliphatic rings. The fourth-order valence-corrected chi connectivity index (χ4v) is 1.69. The van der Waals surface area contributed by atoms with E-state index in [4.69, 9.17) is 9.84 Å². The van der Waals surface area contributed by atoms with E-state index in [-0.39, 0.29) is 19.6 Å². The van der Waals surface area contributed by atoms with Crippen molar-refractivity contribution in [1.82, 2.24) is 0 Å². The van der Waals surface area contributed by atoms with Crippen LogP contribution in [0.15, 0.2) is 24.8 Å². The molecule has 0 atom stereocenters. The fourth-order valence-electron chi connectivity index (χ4n) is 1.69. The van der Waals surface area contributed by atoms with Crippen molar-refractivity contribution in [2.24, 2.45) is 0 Å². The predicted molar refractivity (Wildman–Crippen MR) is 76.3 cm³/mol. The Hall–Kier alpha value is -3.14. The highest BCUT2D eigenvalue weighted by atomic mass is 16.6. The van der Waals surface area contributed by atoms with Crippen LogP contribution in [0.5, 0.6) is 0 Å². The highest BCUT2D eigenvalue weighted by molar-refractivity contribution is 6.14. The van der Waals surface area contributed by atoms with Gasteiger partial charge in [0.2, 0.25) is 0 Å². The van der Waals surface area contributed by atoms with Gasteiger partial charge >= 0.3 is 5.97 Å². The molecule has 1 aromatic rings. The highest BCUT2D eigenvalue weighted by Crippen LogP contribution is 2.30. The third-order valence-corrected chi connectivity index (χ3v) is 2.70. The van der Waals surface area contributed by atoms with Gasteiger partial charge < -0.3 is 9.84 Å². The quantitative estimate of drug-likeness (QED) is 0.188. The SMILES string of the molecule is C=CC(=O)c1c(C(=O)OCCCO)cc([N+](=O)[O-])cc1[N+](=O)[O-]. The Kier molecular flexibility index (Phi) is 6.04. The smallest absolute Gasteiger partial charge is 0.339 e. The first kappa shape index (κ1) is 17.9. The average Bonchev–Trinajstić information content (AvgIpc) is 2.52. The molecule has 0 aromatic heterocycles. The van der Waals surface area contributed by atoms with E-state index in [2.05, 4.69) is 6.58 Å². The van der Waals surface area contributed by atoms with Crippen LogP contribution >= 0.6 is 0 Å². The molecule has 0 saturated heterocycles. The van der Waals surface area contributed by atoms with Gasteiger partial charge in [0.05, 0.1) is 28.1 Å². The second-order valence-corrected chi connectivity index (χ2v) is 4.18. The number of nitrogens with zero attached hydrogens (tertiary/aromatic N) is 2. The second kappa shape index (κ2) is 7.75. The molecule has 10 heteroatoms. The molecule has 1 rings (SSSR count). The van der Waals surface area contributed by atoms with Crippen molar-refractivity contribution in [2.45, 2.75) is 6.42 Å². The van der Waals surface area contributed by atoms with Crippen LogP contribution in [-0.4, -0.2) is 39.9 Å². The number of carbonyl (C=O) groups is 2. The first-order valence-corrected chi connectivity index (χ1v) is 6.25. The predicted octanol–water partition coefficient (Wildman–Crippen LogP) is 1.41. The second-order valence-electron chi connectivity index (χ2n) is 4.18. The van der Waals surface area contributed by atoms with Gasteiger partial charge in [-0.25, -0.2) is 4.79 Å². The van der Waals surface area contributed by atoms with Crippen LogP contribution in [0.25, 0.3) is 0 Å². The van der Waals surface area contributed by atoms with E-state index in [9.17, 15) is 29.8 Å². The molecule has 10 nitrogen and oxygen atoms in total. The number of ketones is 1. The summed E-state index contributed by atoms with van der Waals surface area (Å²) >= 11 is 0. The zero-order valence-corrected chi connectivity index (χ0v) is 11.8. The van der Waals surface area contributed by atoms with E-state index in [1.165, 1.54) is 0 Å². The minimum Gasteiger partial charge on any atom is -0.462 e. The lowest BCUT2D eigenvalue weighted by molar-refractivity contribution is -0.394. The monoisotopic (exact) mass is 324 g/mol. The number of ether oxygens (including phenoxy) is 1. The number of hydrogen-bond donors (Lipinski definition) is 1. The van der Waals surface area contributed by atoms with Crippen molar-refractivity contribution in [3.05, 3.63) is 56.1 Å². The first-order chi connectivity index (χ1) is 10.8. The van der Waals surface area contributed by atoms with Crippen LogP contribution < -0.4 is 0 Å². The lowest BCUT2D eigenvalue weighted by atomic mass is 10.00. The Morgan fingerprint density at radius 3 is 2.39 bits per heavy atom. The highest BCUT2D eigenvalue weighted by Gasteiger charge is 2.31. The molecule has 23 heavy (non-hydrogen) atoms. The molecule has 0 aliphatic heterocycles. The molecular formula is C13H12N2O8. The minimum absolute atomic E-state index is 0.105. The molecule has 0 heterocycles. The number of non-ortho nitro benzene ring substituents is 1. The Labute approximate surface area is 129 Å². The summed E-state index contributed by atoms with van der Waals surface area (Å²) in [5.41, 5.74) is -2.86. The Morgan fingerprint density at radius 1 is 1.26 bits per heavy atom. The van der Waals surface area contributed by atoms with Crippen LogP contribution in [0.4, 0.5) is 11.4 Å². The Morgan fingerprint density at radius 2 is 1.91 bits per heavy atom. The molecule has 0 unspecified atom stereocenters. The summed E-state index contributed by atoms with van der Waals surface area (Å²) in [6.45, 7) is 2.70. The number of nitro benzene ring substituents is 2. The zero-order valence-electron chi connectivity index (χ0n) is 11.8. The topological polar surface area (TPSA) is 150 Å². The number of benzene rings is 1. The van der Waals surface area contributed by atoms with Crippen LogP contribution in [0, 0.1) is 20.2 Å². The summed E-state index contributed by atoms with van der Waals surface area (Å²) in [6.07, 6.45) is 0.853. The molecule has 0 bridgehead atoms. The number of nitro groups is 2. The average molecular weight is 324 g/mol. The van der Waals surface area contributed by atoms with Gasteiger partial charge in [-0.15, -0.1) is 0 Å². The normalized spacial score (nSPS) is 9.96. The molecule has 0 fully saturated rings. The molecule has 0 amide bonds. The summed E-state index contributed by atoms with van der Waals surface area (Å²) in [6, 6.07) is 1.31. The molecule has 1 N–H and O–H groups in total. The van der Waals surface area contributed by atoms with Crippen LogP contribution in [-0.2, 0) is 4.74 Å². The number of aliphatic hydroxyl groups excluding tert-OH is 1. The number of carbonyl (C=O) groups excluding carboxylic acids is 2. The van der Waals surface area contributed by atoms with Crippen molar-refractivity contribution in [2.75, 3.05) is 13.2 Å². The van der Waals surface area contributed by atoms with E-state index in [0.29, 0.717) is 6.07 Å². The van der Waals surface area contributed by atoms with Crippen LogP contribution in [0.1, 0.15) is 27.1 Å². The molecule has 0 saturated carbocycles. The zero-order chi connectivity index (χ0) is 17.6. The maximum absolute atomic E-state index is 12.0.